The molecule has 2 N–H and O–H groups in total. The molecule has 0 heterocycles. The molecule has 0 aliphatic heterocycles. The normalized spacial score (nSPS) is 10.8. The van der Waals surface area contributed by atoms with Gasteiger partial charge in [-0.15, -0.1) is 0 Å². The van der Waals surface area contributed by atoms with Crippen LogP contribution < -0.4 is 5.32 Å². The molecule has 4 nitrogen and oxygen atoms in total. The molecule has 0 spiro atoms. The second-order valence-electron chi connectivity index (χ2n) is 4.26. The number of nitrogens with one attached hydrogen (secondary N) is 1. The first-order valence-electron chi connectivity index (χ1n) is 6.49. The van der Waals surface area contributed by atoms with Crippen LogP contribution in [0.2, 0.25) is 5.02 Å². The van der Waals surface area contributed by atoms with Crippen LogP contribution in [0.5, 0.6) is 5.75 Å². The third kappa shape index (κ3) is 7.38. The van der Waals surface area contributed by atoms with Crippen LogP contribution in [0.25, 0.3) is 0 Å². The number of aromatic hydroxyl groups is 1. The predicted molar refractivity (Wildman–Crippen MR) is 76.8 cm³/mol. The highest BCUT2D eigenvalue weighted by molar-refractivity contribution is 6.30. The lowest BCUT2D eigenvalue weighted by atomic mass is 10.2. The van der Waals surface area contributed by atoms with E-state index in [1.165, 1.54) is 0 Å². The third-order valence-electron chi connectivity index (χ3n) is 2.68. The number of phenols is 1. The first kappa shape index (κ1) is 16.2. The van der Waals surface area contributed by atoms with Gasteiger partial charge in [0.1, 0.15) is 5.75 Å². The van der Waals surface area contributed by atoms with Gasteiger partial charge >= 0.3 is 0 Å². The molecule has 19 heavy (non-hydrogen) atoms. The number of hydrogen-bond donors (Lipinski definition) is 2. The van der Waals surface area contributed by atoms with Crippen LogP contribution in [0.1, 0.15) is 18.4 Å². The Balaban J connectivity index is 2.03. The van der Waals surface area contributed by atoms with E-state index in [9.17, 15) is 5.11 Å². The number of halogens is 1. The molecule has 5 heteroatoms. The van der Waals surface area contributed by atoms with Crippen molar-refractivity contribution in [3.63, 3.8) is 0 Å². The van der Waals surface area contributed by atoms with E-state index in [-0.39, 0.29) is 5.75 Å². The lowest BCUT2D eigenvalue weighted by molar-refractivity contribution is 0.0688. The Morgan fingerprint density at radius 1 is 1.21 bits per heavy atom. The van der Waals surface area contributed by atoms with Crippen LogP contribution in [0.15, 0.2) is 18.2 Å². The lowest BCUT2D eigenvalue weighted by Crippen LogP contribution is -2.15. The molecule has 0 bridgehead atoms. The predicted octanol–water partition coefficient (Wildman–Crippen LogP) is 2.58. The number of rotatable bonds is 10. The summed E-state index contributed by atoms with van der Waals surface area (Å²) in [6, 6.07) is 5.07. The first-order chi connectivity index (χ1) is 9.24. The summed E-state index contributed by atoms with van der Waals surface area (Å²) >= 11 is 5.87. The molecule has 1 rings (SSSR count). The molecule has 1 aromatic rings. The molecule has 0 aromatic heterocycles. The van der Waals surface area contributed by atoms with Gasteiger partial charge in [-0.3, -0.25) is 0 Å². The standard InChI is InChI=1S/C14H22ClNO3/c1-18-8-9-19-7-3-2-6-16-11-12-10-13(15)4-5-14(12)17/h4-5,10,16-17H,2-3,6-9,11H2,1H3. The molecule has 0 radical (unpaired) electrons. The van der Waals surface area contributed by atoms with Gasteiger partial charge in [-0.25, -0.2) is 0 Å². The Labute approximate surface area is 119 Å². The highest BCUT2D eigenvalue weighted by Crippen LogP contribution is 2.20. The van der Waals surface area contributed by atoms with Gasteiger partial charge in [-0.05, 0) is 37.6 Å². The van der Waals surface area contributed by atoms with Gasteiger partial charge in [-0.1, -0.05) is 11.6 Å². The highest BCUT2D eigenvalue weighted by atomic mass is 35.5. The number of unbranched alkanes of at least 4 members (excludes halogenated alkanes) is 1. The molecule has 0 saturated carbocycles. The molecule has 0 aliphatic carbocycles. The van der Waals surface area contributed by atoms with Gasteiger partial charge in [-0.2, -0.15) is 0 Å². The van der Waals surface area contributed by atoms with E-state index in [1.54, 1.807) is 25.3 Å². The molecular weight excluding hydrogens is 266 g/mol. The van der Waals surface area contributed by atoms with Crippen molar-refractivity contribution in [2.75, 3.05) is 33.5 Å². The topological polar surface area (TPSA) is 50.7 Å². The summed E-state index contributed by atoms with van der Waals surface area (Å²) in [7, 11) is 1.67. The fourth-order valence-corrected chi connectivity index (χ4v) is 1.81. The van der Waals surface area contributed by atoms with E-state index < -0.39 is 0 Å². The average Bonchev–Trinajstić information content (AvgIpc) is 2.40. The zero-order valence-electron chi connectivity index (χ0n) is 11.3. The van der Waals surface area contributed by atoms with Gasteiger partial charge in [0.05, 0.1) is 13.2 Å². The fourth-order valence-electron chi connectivity index (χ4n) is 1.62. The molecule has 0 fully saturated rings. The summed E-state index contributed by atoms with van der Waals surface area (Å²) in [6.45, 7) is 3.57. The van der Waals surface area contributed by atoms with Crippen molar-refractivity contribution in [1.82, 2.24) is 5.32 Å². The largest absolute Gasteiger partial charge is 0.508 e. The Morgan fingerprint density at radius 2 is 2.05 bits per heavy atom. The molecule has 0 atom stereocenters. The Kier molecular flexibility index (Phi) is 8.58. The van der Waals surface area contributed by atoms with E-state index in [1.807, 2.05) is 0 Å². The first-order valence-corrected chi connectivity index (χ1v) is 6.86. The Morgan fingerprint density at radius 3 is 2.84 bits per heavy atom. The lowest BCUT2D eigenvalue weighted by Gasteiger charge is -2.07. The van der Waals surface area contributed by atoms with Crippen molar-refractivity contribution >= 4 is 11.6 Å². The molecule has 0 aliphatic rings. The summed E-state index contributed by atoms with van der Waals surface area (Å²) in [6.07, 6.45) is 2.05. The van der Waals surface area contributed by atoms with Gasteiger partial charge in [0.2, 0.25) is 0 Å². The summed E-state index contributed by atoms with van der Waals surface area (Å²) in [4.78, 5) is 0. The fraction of sp³-hybridized carbons (Fsp3) is 0.571. The number of ether oxygens (including phenoxy) is 2. The average molecular weight is 288 g/mol. The molecule has 0 unspecified atom stereocenters. The minimum atomic E-state index is 0.278. The van der Waals surface area contributed by atoms with Crippen molar-refractivity contribution in [2.45, 2.75) is 19.4 Å². The molecular formula is C14H22ClNO3. The van der Waals surface area contributed by atoms with E-state index in [0.717, 1.165) is 31.6 Å². The van der Waals surface area contributed by atoms with Crippen molar-refractivity contribution < 1.29 is 14.6 Å². The van der Waals surface area contributed by atoms with E-state index in [4.69, 9.17) is 21.1 Å². The molecule has 0 saturated heterocycles. The van der Waals surface area contributed by atoms with Crippen LogP contribution >= 0.6 is 11.6 Å². The smallest absolute Gasteiger partial charge is 0.120 e. The number of hydrogen-bond acceptors (Lipinski definition) is 4. The second kappa shape index (κ2) is 10.0. The van der Waals surface area contributed by atoms with Gasteiger partial charge in [0.25, 0.3) is 0 Å². The zero-order valence-corrected chi connectivity index (χ0v) is 12.1. The molecule has 108 valence electrons. The van der Waals surface area contributed by atoms with E-state index in [0.29, 0.717) is 24.8 Å². The van der Waals surface area contributed by atoms with Crippen molar-refractivity contribution in [2.24, 2.45) is 0 Å². The van der Waals surface area contributed by atoms with Crippen LogP contribution in [0, 0.1) is 0 Å². The summed E-state index contributed by atoms with van der Waals surface area (Å²) < 4.78 is 10.2. The number of methoxy groups -OCH3 is 1. The SMILES string of the molecule is COCCOCCCCNCc1cc(Cl)ccc1O. The highest BCUT2D eigenvalue weighted by Gasteiger charge is 2.01. The summed E-state index contributed by atoms with van der Waals surface area (Å²) in [5, 5.41) is 13.5. The molecule has 1 aromatic carbocycles. The second-order valence-corrected chi connectivity index (χ2v) is 4.70. The van der Waals surface area contributed by atoms with Crippen LogP contribution in [0.4, 0.5) is 0 Å². The Bertz CT molecular complexity index is 361. The van der Waals surface area contributed by atoms with Crippen LogP contribution in [0.3, 0.4) is 0 Å². The maximum Gasteiger partial charge on any atom is 0.120 e. The van der Waals surface area contributed by atoms with Crippen molar-refractivity contribution in [1.29, 1.82) is 0 Å². The number of benzene rings is 1. The summed E-state index contributed by atoms with van der Waals surface area (Å²) in [5.74, 6) is 0.278. The van der Waals surface area contributed by atoms with Crippen molar-refractivity contribution in [3.05, 3.63) is 28.8 Å². The third-order valence-corrected chi connectivity index (χ3v) is 2.92. The number of phenolic OH excluding ortho intramolecular Hbond substituents is 1. The van der Waals surface area contributed by atoms with Gasteiger partial charge in [0.15, 0.2) is 0 Å². The zero-order chi connectivity index (χ0) is 13.9. The van der Waals surface area contributed by atoms with Crippen LogP contribution in [-0.4, -0.2) is 38.6 Å². The molecule has 0 amide bonds. The van der Waals surface area contributed by atoms with E-state index >= 15 is 0 Å². The summed E-state index contributed by atoms with van der Waals surface area (Å²) in [5.41, 5.74) is 0.823. The maximum atomic E-state index is 9.63. The van der Waals surface area contributed by atoms with Crippen LogP contribution in [-0.2, 0) is 16.0 Å². The van der Waals surface area contributed by atoms with E-state index in [2.05, 4.69) is 5.32 Å². The monoisotopic (exact) mass is 287 g/mol. The minimum absolute atomic E-state index is 0.278. The van der Waals surface area contributed by atoms with Gasteiger partial charge in [0, 0.05) is 30.8 Å². The van der Waals surface area contributed by atoms with Gasteiger partial charge < -0.3 is 19.9 Å². The quantitative estimate of drug-likeness (QED) is 0.650. The minimum Gasteiger partial charge on any atom is -0.508 e. The maximum absolute atomic E-state index is 9.63. The van der Waals surface area contributed by atoms with Crippen molar-refractivity contribution in [3.8, 4) is 5.75 Å². The Hall–Kier alpha value is -0.810.